The van der Waals surface area contributed by atoms with Crippen molar-refractivity contribution in [2.75, 3.05) is 0 Å². The molecule has 7 nitrogen and oxygen atoms in total. The first-order valence-corrected chi connectivity index (χ1v) is 7.72. The predicted octanol–water partition coefficient (Wildman–Crippen LogP) is 2.93. The number of hydrogen-bond acceptors (Lipinski definition) is 5. The van der Waals surface area contributed by atoms with Crippen LogP contribution in [0.2, 0.25) is 0 Å². The topological polar surface area (TPSA) is 103 Å². The van der Waals surface area contributed by atoms with Gasteiger partial charge in [-0.2, -0.15) is 13.2 Å². The van der Waals surface area contributed by atoms with Gasteiger partial charge in [0.05, 0.1) is 17.1 Å². The summed E-state index contributed by atoms with van der Waals surface area (Å²) in [7, 11) is 0. The summed E-state index contributed by atoms with van der Waals surface area (Å²) in [6.07, 6.45) is -4.69. The van der Waals surface area contributed by atoms with E-state index in [1.807, 2.05) is 0 Å². The normalized spacial score (nSPS) is 11.8. The zero-order valence-corrected chi connectivity index (χ0v) is 16.8. The number of hydrogen-bond donors (Lipinski definition) is 1. The van der Waals surface area contributed by atoms with Gasteiger partial charge in [-0.3, -0.25) is 10.1 Å². The Labute approximate surface area is 171 Å². The van der Waals surface area contributed by atoms with E-state index in [0.717, 1.165) is 0 Å². The molecule has 0 aromatic carbocycles. The maximum atomic E-state index is 12.7. The van der Waals surface area contributed by atoms with Crippen LogP contribution in [0.25, 0.3) is 11.5 Å². The molecule has 11 heteroatoms. The minimum absolute atomic E-state index is 0. The molecule has 0 spiro atoms. The maximum Gasteiger partial charge on any atom is 0.429 e. The van der Waals surface area contributed by atoms with Crippen molar-refractivity contribution in [1.29, 1.82) is 0 Å². The van der Waals surface area contributed by atoms with Gasteiger partial charge in [-0.15, -0.1) is 0 Å². The van der Waals surface area contributed by atoms with Gasteiger partial charge in [0.15, 0.2) is 0 Å². The van der Waals surface area contributed by atoms with E-state index in [0.29, 0.717) is 11.4 Å². The Morgan fingerprint density at radius 2 is 1.61 bits per heavy atom. The molecule has 3 aromatic heterocycles. The SMILES string of the molecule is CC(C)(c1cccc(C(=O)O)n1)c1cccc(-c2nc(C(F)(F)F)n[n-]2)n1.[Pt]. The molecule has 0 aliphatic heterocycles. The molecule has 1 N–H and O–H groups in total. The molecule has 0 saturated heterocycles. The number of carboxylic acids is 1. The average Bonchev–Trinajstić information content (AvgIpc) is 3.12. The first kappa shape index (κ1) is 21.7. The molecule has 0 unspecified atom stereocenters. The van der Waals surface area contributed by atoms with E-state index < -0.39 is 23.4 Å². The van der Waals surface area contributed by atoms with Crippen molar-refractivity contribution in [3.05, 3.63) is 59.3 Å². The fourth-order valence-corrected chi connectivity index (χ4v) is 2.41. The van der Waals surface area contributed by atoms with Crippen molar-refractivity contribution < 1.29 is 44.1 Å². The van der Waals surface area contributed by atoms with E-state index in [1.165, 1.54) is 12.1 Å². The van der Waals surface area contributed by atoms with Crippen molar-refractivity contribution in [2.45, 2.75) is 25.4 Å². The third kappa shape index (κ3) is 4.27. The van der Waals surface area contributed by atoms with Gasteiger partial charge >= 0.3 is 12.1 Å². The second-order valence-corrected chi connectivity index (χ2v) is 6.20. The minimum Gasteiger partial charge on any atom is -0.477 e. The summed E-state index contributed by atoms with van der Waals surface area (Å²) >= 11 is 0. The van der Waals surface area contributed by atoms with Crippen LogP contribution >= 0.6 is 0 Å². The van der Waals surface area contributed by atoms with E-state index >= 15 is 0 Å². The Morgan fingerprint density at radius 3 is 2.18 bits per heavy atom. The summed E-state index contributed by atoms with van der Waals surface area (Å²) in [5.74, 6) is -2.74. The Morgan fingerprint density at radius 1 is 1.00 bits per heavy atom. The third-order valence-electron chi connectivity index (χ3n) is 3.93. The summed E-state index contributed by atoms with van der Waals surface area (Å²) in [4.78, 5) is 23.0. The summed E-state index contributed by atoms with van der Waals surface area (Å²) in [5.41, 5.74) is 0.111. The number of aromatic carboxylic acids is 1. The third-order valence-corrected chi connectivity index (χ3v) is 3.93. The molecule has 3 heterocycles. The van der Waals surface area contributed by atoms with Gasteiger partial charge in [-0.1, -0.05) is 12.1 Å². The predicted molar refractivity (Wildman–Crippen MR) is 86.9 cm³/mol. The summed E-state index contributed by atoms with van der Waals surface area (Å²) in [6.45, 7) is 3.55. The number of rotatable bonds is 4. The number of nitrogens with zero attached hydrogens (tertiary/aromatic N) is 5. The van der Waals surface area contributed by atoms with E-state index in [2.05, 4.69) is 25.1 Å². The Balaban J connectivity index is 0.00000280. The van der Waals surface area contributed by atoms with E-state index in [-0.39, 0.29) is 38.3 Å². The van der Waals surface area contributed by atoms with Crippen LogP contribution in [0.3, 0.4) is 0 Å². The summed E-state index contributed by atoms with van der Waals surface area (Å²) in [6, 6.07) is 9.33. The van der Waals surface area contributed by atoms with Gasteiger partial charge in [0.2, 0.25) is 0 Å². The van der Waals surface area contributed by atoms with Gasteiger partial charge in [-0.25, -0.2) is 9.78 Å². The molecule has 150 valence electrons. The van der Waals surface area contributed by atoms with Gasteiger partial charge in [-0.05, 0) is 43.9 Å². The van der Waals surface area contributed by atoms with Crippen LogP contribution in [0, 0.1) is 0 Å². The van der Waals surface area contributed by atoms with Crippen molar-refractivity contribution >= 4 is 5.97 Å². The van der Waals surface area contributed by atoms with Gasteiger partial charge in [0.1, 0.15) is 11.5 Å². The van der Waals surface area contributed by atoms with Crippen LogP contribution in [0.15, 0.2) is 36.4 Å². The number of alkyl halides is 3. The smallest absolute Gasteiger partial charge is 0.429 e. The molecule has 0 amide bonds. The molecule has 28 heavy (non-hydrogen) atoms. The number of carboxylic acid groups (broad SMARTS) is 1. The molecule has 3 aromatic rings. The van der Waals surface area contributed by atoms with Crippen molar-refractivity contribution in [3.8, 4) is 11.5 Å². The molecule has 0 saturated carbocycles. The molecule has 0 fully saturated rings. The van der Waals surface area contributed by atoms with Crippen molar-refractivity contribution in [1.82, 2.24) is 25.1 Å². The van der Waals surface area contributed by atoms with E-state index in [1.54, 1.807) is 38.1 Å². The standard InChI is InChI=1S/C17H14F3N5O2.Pt/c1-16(2,12-8-4-6-10(22-12)14(26)27)11-7-3-5-9(21-11)13-23-15(25-24-13)17(18,19)20;/h3-8H,1-2H3,(H2,21,23,24,25,26,27);/p-1. The van der Waals surface area contributed by atoms with Crippen LogP contribution in [0.5, 0.6) is 0 Å². The fraction of sp³-hybridized carbons (Fsp3) is 0.235. The molecule has 0 aliphatic rings. The van der Waals surface area contributed by atoms with E-state index in [9.17, 15) is 18.0 Å². The first-order chi connectivity index (χ1) is 12.6. The molecule has 0 aliphatic carbocycles. The van der Waals surface area contributed by atoms with Crippen LogP contribution in [-0.4, -0.2) is 31.1 Å². The Kier molecular flexibility index (Phi) is 6.03. The first-order valence-electron chi connectivity index (χ1n) is 7.72. The number of pyridine rings is 2. The van der Waals surface area contributed by atoms with Crippen molar-refractivity contribution in [3.63, 3.8) is 0 Å². The molecule has 0 bridgehead atoms. The monoisotopic (exact) mass is 571 g/mol. The largest absolute Gasteiger partial charge is 0.477 e. The van der Waals surface area contributed by atoms with Gasteiger partial charge in [0.25, 0.3) is 0 Å². The second kappa shape index (κ2) is 7.79. The molecular weight excluding hydrogens is 558 g/mol. The number of carbonyl (C=O) groups is 1. The molecular formula is C17H13F3N5O2Pt-. The summed E-state index contributed by atoms with van der Waals surface area (Å²) in [5, 5.41) is 15.6. The van der Waals surface area contributed by atoms with Crippen LogP contribution < -0.4 is 5.10 Å². The van der Waals surface area contributed by atoms with Crippen LogP contribution in [0.4, 0.5) is 13.2 Å². The quantitative estimate of drug-likeness (QED) is 0.514. The number of aromatic nitrogens is 5. The summed E-state index contributed by atoms with van der Waals surface area (Å²) < 4.78 is 38.0. The van der Waals surface area contributed by atoms with E-state index in [4.69, 9.17) is 5.11 Å². The van der Waals surface area contributed by atoms with Crippen molar-refractivity contribution in [2.24, 2.45) is 0 Å². The van der Waals surface area contributed by atoms with Crippen LogP contribution in [0.1, 0.15) is 41.5 Å². The van der Waals surface area contributed by atoms with Gasteiger partial charge < -0.3 is 15.2 Å². The number of halogens is 3. The molecule has 3 rings (SSSR count). The Hall–Kier alpha value is -2.61. The second-order valence-electron chi connectivity index (χ2n) is 6.20. The van der Waals surface area contributed by atoms with Gasteiger partial charge in [0, 0.05) is 26.5 Å². The molecule has 0 radical (unpaired) electrons. The molecule has 0 atom stereocenters. The average molecular weight is 571 g/mol. The van der Waals surface area contributed by atoms with Crippen LogP contribution in [-0.2, 0) is 32.7 Å². The zero-order chi connectivity index (χ0) is 19.8. The zero-order valence-electron chi connectivity index (χ0n) is 14.5. The maximum absolute atomic E-state index is 12.7. The Bertz CT molecular complexity index is 1000. The fourth-order valence-electron chi connectivity index (χ4n) is 2.41. The minimum atomic E-state index is -4.69.